The predicted molar refractivity (Wildman–Crippen MR) is 90.6 cm³/mol. The summed E-state index contributed by atoms with van der Waals surface area (Å²) in [5.41, 5.74) is 2.62. The molecule has 0 atom stereocenters. The number of benzene rings is 2. The second kappa shape index (κ2) is 9.61. The van der Waals surface area contributed by atoms with E-state index in [2.05, 4.69) is 10.1 Å². The van der Waals surface area contributed by atoms with Crippen LogP contribution in [-0.2, 0) is 19.1 Å². The van der Waals surface area contributed by atoms with E-state index in [0.29, 0.717) is 5.69 Å². The lowest BCUT2D eigenvalue weighted by Crippen LogP contribution is -2.21. The smallest absolute Gasteiger partial charge is 0.331 e. The van der Waals surface area contributed by atoms with Gasteiger partial charge in [-0.15, -0.1) is 12.4 Å². The number of ether oxygens (including phenoxy) is 2. The Morgan fingerprint density at radius 3 is 2.30 bits per heavy atom. The molecule has 0 saturated heterocycles. The first-order valence-electron chi connectivity index (χ1n) is 6.79. The predicted octanol–water partition coefficient (Wildman–Crippen LogP) is 2.90. The highest BCUT2D eigenvalue weighted by Crippen LogP contribution is 2.27. The fourth-order valence-corrected chi connectivity index (χ4v) is 1.93. The molecule has 5 nitrogen and oxygen atoms in total. The van der Waals surface area contributed by atoms with E-state index in [9.17, 15) is 9.59 Å². The molecule has 0 saturated carbocycles. The monoisotopic (exact) mass is 335 g/mol. The van der Waals surface area contributed by atoms with Crippen LogP contribution in [0.25, 0.3) is 11.1 Å². The average molecular weight is 336 g/mol. The number of anilines is 1. The summed E-state index contributed by atoms with van der Waals surface area (Å²) in [5, 5.41) is 2.78. The Balaban J connectivity index is 0.00000264. The third-order valence-electron chi connectivity index (χ3n) is 2.97. The fraction of sp³-hybridized carbons (Fsp3) is 0.176. The van der Waals surface area contributed by atoms with E-state index in [4.69, 9.17) is 4.74 Å². The van der Waals surface area contributed by atoms with Gasteiger partial charge in [0.2, 0.25) is 5.91 Å². The van der Waals surface area contributed by atoms with Crippen molar-refractivity contribution in [1.82, 2.24) is 0 Å². The minimum Gasteiger partial charge on any atom is -0.467 e. The summed E-state index contributed by atoms with van der Waals surface area (Å²) in [4.78, 5) is 22.8. The summed E-state index contributed by atoms with van der Waals surface area (Å²) in [6.45, 7) is -0.456. The van der Waals surface area contributed by atoms with Gasteiger partial charge in [-0.2, -0.15) is 0 Å². The molecule has 0 heterocycles. The number of rotatable bonds is 6. The van der Waals surface area contributed by atoms with E-state index >= 15 is 0 Å². The van der Waals surface area contributed by atoms with Gasteiger partial charge in [-0.1, -0.05) is 48.5 Å². The SMILES string of the molecule is COC(=O)COCC(=O)Nc1ccccc1-c1ccccc1.Cl. The number of amides is 1. The lowest BCUT2D eigenvalue weighted by atomic mass is 10.0. The molecule has 2 aromatic carbocycles. The maximum Gasteiger partial charge on any atom is 0.331 e. The first-order chi connectivity index (χ1) is 10.7. The van der Waals surface area contributed by atoms with Crippen molar-refractivity contribution in [3.05, 3.63) is 54.6 Å². The molecule has 2 aromatic rings. The van der Waals surface area contributed by atoms with Crippen molar-refractivity contribution in [3.63, 3.8) is 0 Å². The lowest BCUT2D eigenvalue weighted by molar-refractivity contribution is -0.146. The number of hydrogen-bond acceptors (Lipinski definition) is 4. The Kier molecular flexibility index (Phi) is 7.80. The number of methoxy groups -OCH3 is 1. The maximum atomic E-state index is 11.9. The van der Waals surface area contributed by atoms with Gasteiger partial charge in [-0.25, -0.2) is 4.79 Å². The zero-order valence-electron chi connectivity index (χ0n) is 12.7. The van der Waals surface area contributed by atoms with Crippen molar-refractivity contribution in [2.45, 2.75) is 0 Å². The first kappa shape index (κ1) is 18.7. The molecular formula is C17H18ClNO4. The van der Waals surface area contributed by atoms with Crippen LogP contribution in [0.3, 0.4) is 0 Å². The molecule has 0 aliphatic heterocycles. The van der Waals surface area contributed by atoms with Gasteiger partial charge in [0.15, 0.2) is 0 Å². The van der Waals surface area contributed by atoms with E-state index in [-0.39, 0.29) is 31.5 Å². The molecule has 0 spiro atoms. The second-order valence-corrected chi connectivity index (χ2v) is 4.53. The topological polar surface area (TPSA) is 64.6 Å². The third kappa shape index (κ3) is 5.73. The zero-order chi connectivity index (χ0) is 15.8. The summed E-state index contributed by atoms with van der Waals surface area (Å²) in [7, 11) is 1.27. The van der Waals surface area contributed by atoms with Crippen molar-refractivity contribution in [1.29, 1.82) is 0 Å². The number of esters is 1. The minimum absolute atomic E-state index is 0. The second-order valence-electron chi connectivity index (χ2n) is 4.53. The number of halogens is 1. The molecule has 1 amide bonds. The highest BCUT2D eigenvalue weighted by molar-refractivity contribution is 5.96. The molecule has 23 heavy (non-hydrogen) atoms. The highest BCUT2D eigenvalue weighted by atomic mass is 35.5. The fourth-order valence-electron chi connectivity index (χ4n) is 1.93. The lowest BCUT2D eigenvalue weighted by Gasteiger charge is -2.11. The number of carbonyl (C=O) groups is 2. The van der Waals surface area contributed by atoms with Crippen LogP contribution >= 0.6 is 12.4 Å². The average Bonchev–Trinajstić information content (AvgIpc) is 2.56. The van der Waals surface area contributed by atoms with Crippen LogP contribution in [0.5, 0.6) is 0 Å². The molecule has 0 aliphatic rings. The Bertz CT molecular complexity index is 646. The van der Waals surface area contributed by atoms with Crippen LogP contribution in [0.2, 0.25) is 0 Å². The molecule has 0 unspecified atom stereocenters. The van der Waals surface area contributed by atoms with Gasteiger partial charge in [0.1, 0.15) is 13.2 Å². The number of para-hydroxylation sites is 1. The van der Waals surface area contributed by atoms with Crippen LogP contribution in [0.4, 0.5) is 5.69 Å². The molecule has 0 radical (unpaired) electrons. The quantitative estimate of drug-likeness (QED) is 0.824. The first-order valence-corrected chi connectivity index (χ1v) is 6.79. The van der Waals surface area contributed by atoms with Gasteiger partial charge >= 0.3 is 5.97 Å². The van der Waals surface area contributed by atoms with Crippen molar-refractivity contribution in [2.75, 3.05) is 25.6 Å². The number of hydrogen-bond donors (Lipinski definition) is 1. The summed E-state index contributed by atoms with van der Waals surface area (Å²) in [6.07, 6.45) is 0. The third-order valence-corrected chi connectivity index (χ3v) is 2.97. The van der Waals surface area contributed by atoms with Crippen LogP contribution in [0, 0.1) is 0 Å². The molecule has 0 aliphatic carbocycles. The van der Waals surface area contributed by atoms with Gasteiger partial charge in [-0.3, -0.25) is 4.79 Å². The van der Waals surface area contributed by atoms with Crippen molar-refractivity contribution < 1.29 is 19.1 Å². The van der Waals surface area contributed by atoms with Crippen LogP contribution in [0.1, 0.15) is 0 Å². The van der Waals surface area contributed by atoms with Gasteiger partial charge < -0.3 is 14.8 Å². The molecule has 0 fully saturated rings. The van der Waals surface area contributed by atoms with E-state index in [1.807, 2.05) is 54.6 Å². The molecule has 122 valence electrons. The summed E-state index contributed by atoms with van der Waals surface area (Å²) >= 11 is 0. The van der Waals surface area contributed by atoms with Gasteiger partial charge in [0.25, 0.3) is 0 Å². The Hall–Kier alpha value is -2.37. The summed E-state index contributed by atoms with van der Waals surface area (Å²) < 4.78 is 9.41. The normalized spacial score (nSPS) is 9.61. The Labute approximate surface area is 141 Å². The standard InChI is InChI=1S/C17H17NO4.ClH/c1-21-17(20)12-22-11-16(19)18-15-10-6-5-9-14(15)13-7-3-2-4-8-13;/h2-10H,11-12H2,1H3,(H,18,19);1H. The van der Waals surface area contributed by atoms with Gasteiger partial charge in [0.05, 0.1) is 7.11 Å². The minimum atomic E-state index is -0.516. The summed E-state index contributed by atoms with van der Waals surface area (Å²) in [5.74, 6) is -0.843. The zero-order valence-corrected chi connectivity index (χ0v) is 13.5. The molecule has 0 bridgehead atoms. The van der Waals surface area contributed by atoms with Crippen molar-refractivity contribution >= 4 is 30.0 Å². The summed E-state index contributed by atoms with van der Waals surface area (Å²) in [6, 6.07) is 17.3. The number of nitrogens with one attached hydrogen (secondary N) is 1. The molecule has 1 N–H and O–H groups in total. The van der Waals surface area contributed by atoms with Crippen molar-refractivity contribution in [3.8, 4) is 11.1 Å². The van der Waals surface area contributed by atoms with Crippen LogP contribution in [0.15, 0.2) is 54.6 Å². The van der Waals surface area contributed by atoms with E-state index < -0.39 is 5.97 Å². The largest absolute Gasteiger partial charge is 0.467 e. The molecule has 0 aromatic heterocycles. The Morgan fingerprint density at radius 1 is 0.957 bits per heavy atom. The van der Waals surface area contributed by atoms with Crippen molar-refractivity contribution in [2.24, 2.45) is 0 Å². The van der Waals surface area contributed by atoms with Gasteiger partial charge in [0, 0.05) is 11.3 Å². The molecule has 6 heteroatoms. The molecular weight excluding hydrogens is 318 g/mol. The molecule has 2 rings (SSSR count). The van der Waals surface area contributed by atoms with E-state index in [0.717, 1.165) is 11.1 Å². The maximum absolute atomic E-state index is 11.9. The Morgan fingerprint density at radius 2 is 1.61 bits per heavy atom. The van der Waals surface area contributed by atoms with E-state index in [1.54, 1.807) is 0 Å². The van der Waals surface area contributed by atoms with Crippen LogP contribution < -0.4 is 5.32 Å². The highest BCUT2D eigenvalue weighted by Gasteiger charge is 2.09. The van der Waals surface area contributed by atoms with Gasteiger partial charge in [-0.05, 0) is 11.6 Å². The number of carbonyl (C=O) groups excluding carboxylic acids is 2. The van der Waals surface area contributed by atoms with Crippen LogP contribution in [-0.4, -0.2) is 32.2 Å². The van der Waals surface area contributed by atoms with E-state index in [1.165, 1.54) is 7.11 Å².